The number of rotatable bonds is 10. The van der Waals surface area contributed by atoms with Crippen LogP contribution >= 0.6 is 30.4 Å². The highest BCUT2D eigenvalue weighted by atomic mass is 127. The number of aryl methyl sites for hydroxylation is 1. The van der Waals surface area contributed by atoms with E-state index in [-0.39, 0.29) is 44.5 Å². The van der Waals surface area contributed by atoms with Crippen LogP contribution in [0.4, 0.5) is 0 Å². The van der Waals surface area contributed by atoms with Crippen molar-refractivity contribution in [2.45, 2.75) is 35.3 Å². The second-order valence-electron chi connectivity index (χ2n) is 9.95. The summed E-state index contributed by atoms with van der Waals surface area (Å²) in [5.41, 5.74) is 2.43. The first-order valence-electron chi connectivity index (χ1n) is 12.0. The number of amides is 2. The minimum absolute atomic E-state index is 0.0471. The molecule has 1 aliphatic carbocycles. The summed E-state index contributed by atoms with van der Waals surface area (Å²) < 4.78 is 37.5. The maximum atomic E-state index is 13.7. The second kappa shape index (κ2) is 10.4. The molecule has 38 heavy (non-hydrogen) atoms. The number of ether oxygens (including phenoxy) is 1. The van der Waals surface area contributed by atoms with E-state index in [1.807, 2.05) is 21.2 Å². The molecule has 2 amide bonds. The van der Waals surface area contributed by atoms with Crippen LogP contribution in [0.15, 0.2) is 24.3 Å². The Kier molecular flexibility index (Phi) is 7.50. The van der Waals surface area contributed by atoms with Gasteiger partial charge in [0.1, 0.15) is 10.4 Å². The summed E-state index contributed by atoms with van der Waals surface area (Å²) in [5, 5.41) is 16.1. The van der Waals surface area contributed by atoms with E-state index in [0.717, 1.165) is 14.8 Å². The predicted molar refractivity (Wildman–Crippen MR) is 147 cm³/mol. The molecule has 1 saturated carbocycles. The molecular formula is C24H26IN5O6S2. The number of hydrogen-bond donors (Lipinski definition) is 1. The summed E-state index contributed by atoms with van der Waals surface area (Å²) in [6.45, 7) is 0.879. The number of halogens is 1. The van der Waals surface area contributed by atoms with Gasteiger partial charge in [-0.2, -0.15) is 10.4 Å². The average Bonchev–Trinajstić information content (AvgIpc) is 3.60. The van der Waals surface area contributed by atoms with Crippen LogP contribution in [0, 0.1) is 11.3 Å². The number of hydrogen-bond acceptors (Lipinski definition) is 9. The van der Waals surface area contributed by atoms with E-state index in [1.165, 1.54) is 4.68 Å². The van der Waals surface area contributed by atoms with Crippen molar-refractivity contribution in [2.75, 3.05) is 32.9 Å². The van der Waals surface area contributed by atoms with Crippen LogP contribution in [0.5, 0.6) is 0 Å². The van der Waals surface area contributed by atoms with Crippen molar-refractivity contribution in [3.63, 3.8) is 0 Å². The number of sulfone groups is 1. The maximum Gasteiger partial charge on any atom is 0.272 e. The first-order valence-corrected chi connectivity index (χ1v) is 16.8. The Bertz CT molecular complexity index is 1410. The van der Waals surface area contributed by atoms with Crippen LogP contribution in [0.25, 0.3) is 0 Å². The molecular weight excluding hydrogens is 645 g/mol. The molecule has 0 unspecified atom stereocenters. The third-order valence-electron chi connectivity index (χ3n) is 7.54. The van der Waals surface area contributed by atoms with Crippen molar-refractivity contribution in [3.8, 4) is 6.07 Å². The third kappa shape index (κ3) is 4.61. The highest BCUT2D eigenvalue weighted by Crippen LogP contribution is 2.51. The lowest BCUT2D eigenvalue weighted by Gasteiger charge is -2.43. The van der Waals surface area contributed by atoms with Crippen LogP contribution in [0.1, 0.15) is 50.5 Å². The van der Waals surface area contributed by atoms with E-state index < -0.39 is 25.2 Å². The van der Waals surface area contributed by atoms with Gasteiger partial charge in [-0.15, -0.1) is 0 Å². The highest BCUT2D eigenvalue weighted by molar-refractivity contribution is 14.2. The van der Waals surface area contributed by atoms with Gasteiger partial charge in [0.15, 0.2) is 15.5 Å². The fourth-order valence-electron chi connectivity index (χ4n) is 5.10. The van der Waals surface area contributed by atoms with Crippen molar-refractivity contribution in [1.82, 2.24) is 20.0 Å². The lowest BCUT2D eigenvalue weighted by atomic mass is 10.0. The number of nitrogens with zero attached hydrogens (tertiary/aromatic N) is 4. The molecule has 11 nitrogen and oxygen atoms in total. The molecule has 0 radical (unpaired) electrons. The molecule has 2 fully saturated rings. The molecule has 202 valence electrons. The first-order chi connectivity index (χ1) is 18.2. The van der Waals surface area contributed by atoms with E-state index >= 15 is 0 Å². The van der Waals surface area contributed by atoms with Gasteiger partial charge in [0.05, 0.1) is 45.4 Å². The highest BCUT2D eigenvalue weighted by Gasteiger charge is 2.66. The predicted octanol–water partition coefficient (Wildman–Crippen LogP) is 1.95. The van der Waals surface area contributed by atoms with Gasteiger partial charge in [-0.25, -0.2) is 8.42 Å². The summed E-state index contributed by atoms with van der Waals surface area (Å²) in [7, 11) is -0.940. The van der Waals surface area contributed by atoms with Gasteiger partial charge in [0.25, 0.3) is 11.8 Å². The molecule has 3 aliphatic rings. The first kappa shape index (κ1) is 27.4. The Labute approximate surface area is 236 Å². The summed E-state index contributed by atoms with van der Waals surface area (Å²) >= 11 is 1.96. The molecule has 0 atom stereocenters. The molecule has 2 aliphatic heterocycles. The van der Waals surface area contributed by atoms with E-state index in [4.69, 9.17) is 14.2 Å². The number of benzene rings is 1. The Morgan fingerprint density at radius 3 is 2.58 bits per heavy atom. The van der Waals surface area contributed by atoms with Crippen molar-refractivity contribution in [2.24, 2.45) is 7.05 Å². The van der Waals surface area contributed by atoms with Gasteiger partial charge < -0.3 is 19.1 Å². The number of fused-ring (bicyclic) bond motifs is 1. The SMILES string of the molecule is Cn1nc(C(=O)NCc2ccc(C#N)cc2)c2c1C(=O)N(CC1(S(=O)(=O)C3(COSI)COC3)CC1)CC2. The van der Waals surface area contributed by atoms with E-state index in [0.29, 0.717) is 42.6 Å². The van der Waals surface area contributed by atoms with Crippen LogP contribution in [0.3, 0.4) is 0 Å². The minimum atomic E-state index is -3.65. The lowest BCUT2D eigenvalue weighted by molar-refractivity contribution is -0.0300. The zero-order chi connectivity index (χ0) is 27.1. The van der Waals surface area contributed by atoms with Gasteiger partial charge in [0, 0.05) is 53.5 Å². The molecule has 5 rings (SSSR count). The van der Waals surface area contributed by atoms with Gasteiger partial charge >= 0.3 is 0 Å². The zero-order valence-corrected chi connectivity index (χ0v) is 24.4. The van der Waals surface area contributed by atoms with Crippen LogP contribution in [-0.4, -0.2) is 77.3 Å². The molecule has 14 heteroatoms. The minimum Gasteiger partial charge on any atom is -0.378 e. The quantitative estimate of drug-likeness (QED) is 0.296. The standard InChI is InChI=1S/C24H26IN5O6S2/c1-29-20-18(19(28-29)21(31)27-11-17-4-2-16(10-26)3-5-17)6-9-30(22(20)32)12-23(7-8-23)38(33,34)24(13-35-14-24)15-36-37-25/h2-5H,6-9,11-15H2,1H3,(H,27,31). The summed E-state index contributed by atoms with van der Waals surface area (Å²) in [6.07, 6.45) is 1.37. The Hall–Kier alpha value is -2.19. The molecule has 1 aromatic carbocycles. The summed E-state index contributed by atoms with van der Waals surface area (Å²) in [6, 6.07) is 8.95. The van der Waals surface area contributed by atoms with Crippen molar-refractivity contribution in [3.05, 3.63) is 52.3 Å². The molecule has 3 heterocycles. The monoisotopic (exact) mass is 671 g/mol. The number of carbonyl (C=O) groups excluding carboxylic acids is 2. The smallest absolute Gasteiger partial charge is 0.272 e. The number of nitriles is 1. The van der Waals surface area contributed by atoms with Crippen molar-refractivity contribution in [1.29, 1.82) is 5.26 Å². The Balaban J connectivity index is 1.30. The van der Waals surface area contributed by atoms with Gasteiger partial charge in [-0.3, -0.25) is 14.3 Å². The Morgan fingerprint density at radius 1 is 1.29 bits per heavy atom. The van der Waals surface area contributed by atoms with Crippen molar-refractivity contribution < 1.29 is 26.9 Å². The third-order valence-corrected chi connectivity index (χ3v) is 11.7. The molecule has 1 N–H and O–H groups in total. The van der Waals surface area contributed by atoms with Crippen molar-refractivity contribution >= 4 is 52.1 Å². The van der Waals surface area contributed by atoms with Crippen LogP contribution in [-0.2, 0) is 38.8 Å². The lowest BCUT2D eigenvalue weighted by Crippen LogP contribution is -2.63. The molecule has 0 bridgehead atoms. The number of carbonyl (C=O) groups is 2. The molecule has 0 spiro atoms. The molecule has 1 aromatic heterocycles. The van der Waals surface area contributed by atoms with E-state index in [9.17, 15) is 18.0 Å². The van der Waals surface area contributed by atoms with E-state index in [2.05, 4.69) is 16.5 Å². The number of nitrogens with one attached hydrogen (secondary N) is 1. The molecule has 1 saturated heterocycles. The van der Waals surface area contributed by atoms with Crippen LogP contribution in [0.2, 0.25) is 0 Å². The fourth-order valence-corrected chi connectivity index (χ4v) is 8.40. The maximum absolute atomic E-state index is 13.7. The van der Waals surface area contributed by atoms with E-state index in [1.54, 1.807) is 36.2 Å². The zero-order valence-electron chi connectivity index (χ0n) is 20.6. The summed E-state index contributed by atoms with van der Waals surface area (Å²) in [4.78, 5) is 28.0. The second-order valence-corrected chi connectivity index (χ2v) is 14.1. The largest absolute Gasteiger partial charge is 0.378 e. The van der Waals surface area contributed by atoms with Gasteiger partial charge in [-0.1, -0.05) is 12.1 Å². The number of aromatic nitrogens is 2. The summed E-state index contributed by atoms with van der Waals surface area (Å²) in [5.74, 6) is -0.722. The normalized spacial score (nSPS) is 19.3. The Morgan fingerprint density at radius 2 is 2.00 bits per heavy atom. The molecule has 2 aromatic rings. The van der Waals surface area contributed by atoms with Gasteiger partial charge in [-0.05, 0) is 37.0 Å². The van der Waals surface area contributed by atoms with Gasteiger partial charge in [0.2, 0.25) is 0 Å². The topological polar surface area (TPSA) is 144 Å². The fraction of sp³-hybridized carbons (Fsp3) is 0.500. The average molecular weight is 672 g/mol. The van der Waals surface area contributed by atoms with Crippen LogP contribution < -0.4 is 5.32 Å².